The summed E-state index contributed by atoms with van der Waals surface area (Å²) in [5.74, 6) is -4.57. The van der Waals surface area contributed by atoms with Crippen molar-refractivity contribution in [1.82, 2.24) is 0 Å². The summed E-state index contributed by atoms with van der Waals surface area (Å²) in [6.07, 6.45) is -0.418. The molecule has 1 saturated carbocycles. The zero-order chi connectivity index (χ0) is 29.7. The number of benzene rings is 3. The zero-order valence-corrected chi connectivity index (χ0v) is 24.6. The molecule has 2 amide bonds. The largest absolute Gasteiger partial charge is 0.507 e. The van der Waals surface area contributed by atoms with E-state index < -0.39 is 47.4 Å². The summed E-state index contributed by atoms with van der Waals surface area (Å²) in [5, 5.41) is 27.4. The lowest BCUT2D eigenvalue weighted by molar-refractivity contribution is -0.150. The molecule has 0 aliphatic heterocycles. The standard InChI is InChI=1S/C31H33BrN2O7/c1-4-40-24-12-8-6-10-20(24)33-29(37)27-23(36)17-31(3,39)28(26(27)18-14-15-22(35)19(32)16-18)30(38)34-21-11-7-9-13-25(21)41-5-2/h6-16,26-28,35,39H,4-5,17H2,1-3H3,(H,33,37)(H,34,38). The molecule has 3 aromatic rings. The van der Waals surface area contributed by atoms with E-state index in [4.69, 9.17) is 9.47 Å². The molecule has 9 nitrogen and oxygen atoms in total. The first kappa shape index (κ1) is 30.1. The molecule has 0 spiro atoms. The monoisotopic (exact) mass is 624 g/mol. The van der Waals surface area contributed by atoms with Crippen molar-refractivity contribution in [2.75, 3.05) is 23.8 Å². The van der Waals surface area contributed by atoms with Crippen LogP contribution in [0, 0.1) is 11.8 Å². The molecule has 1 aliphatic carbocycles. The van der Waals surface area contributed by atoms with Crippen LogP contribution in [0.3, 0.4) is 0 Å². The van der Waals surface area contributed by atoms with Crippen molar-refractivity contribution < 1.29 is 34.1 Å². The Morgan fingerprint density at radius 3 is 2.00 bits per heavy atom. The maximum Gasteiger partial charge on any atom is 0.235 e. The maximum atomic E-state index is 14.0. The van der Waals surface area contributed by atoms with E-state index in [1.165, 1.54) is 13.0 Å². The predicted molar refractivity (Wildman–Crippen MR) is 158 cm³/mol. The highest BCUT2D eigenvalue weighted by Gasteiger charge is 2.56. The van der Waals surface area contributed by atoms with Crippen LogP contribution in [0.2, 0.25) is 0 Å². The summed E-state index contributed by atoms with van der Waals surface area (Å²) >= 11 is 3.30. The number of aromatic hydroxyl groups is 1. The van der Waals surface area contributed by atoms with Crippen molar-refractivity contribution in [1.29, 1.82) is 0 Å². The van der Waals surface area contributed by atoms with Gasteiger partial charge in [-0.3, -0.25) is 14.4 Å². The minimum atomic E-state index is -1.79. The van der Waals surface area contributed by atoms with Crippen molar-refractivity contribution in [2.45, 2.75) is 38.7 Å². The number of ketones is 1. The molecule has 3 aromatic carbocycles. The Balaban J connectivity index is 1.79. The number of aliphatic hydroxyl groups is 1. The molecule has 4 atom stereocenters. The number of rotatable bonds is 9. The Labute approximate surface area is 247 Å². The van der Waals surface area contributed by atoms with Gasteiger partial charge in [0.2, 0.25) is 11.8 Å². The fourth-order valence-corrected chi connectivity index (χ4v) is 5.74. The number of halogens is 1. The number of ether oxygens (including phenoxy) is 2. The highest BCUT2D eigenvalue weighted by atomic mass is 79.9. The van der Waals surface area contributed by atoms with Crippen molar-refractivity contribution in [3.05, 3.63) is 76.8 Å². The molecule has 216 valence electrons. The van der Waals surface area contributed by atoms with E-state index in [0.29, 0.717) is 46.1 Å². The van der Waals surface area contributed by atoms with Gasteiger partial charge in [-0.1, -0.05) is 30.3 Å². The predicted octanol–water partition coefficient (Wildman–Crippen LogP) is 5.27. The summed E-state index contributed by atoms with van der Waals surface area (Å²) < 4.78 is 11.6. The number of phenols is 1. The van der Waals surface area contributed by atoms with Crippen molar-refractivity contribution in [3.8, 4) is 17.2 Å². The van der Waals surface area contributed by atoms with Crippen LogP contribution >= 0.6 is 15.9 Å². The molecular formula is C31H33BrN2O7. The fraction of sp³-hybridized carbons (Fsp3) is 0.323. The highest BCUT2D eigenvalue weighted by molar-refractivity contribution is 9.10. The van der Waals surface area contributed by atoms with E-state index in [0.717, 1.165) is 0 Å². The van der Waals surface area contributed by atoms with Crippen LogP contribution in [0.1, 0.15) is 38.7 Å². The third-order valence-electron chi connectivity index (χ3n) is 7.08. The third kappa shape index (κ3) is 6.55. The van der Waals surface area contributed by atoms with Crippen LogP contribution < -0.4 is 20.1 Å². The first-order valence-corrected chi connectivity index (χ1v) is 14.2. The number of carbonyl (C=O) groups is 3. The molecule has 0 heterocycles. The minimum Gasteiger partial charge on any atom is -0.507 e. The fourth-order valence-electron chi connectivity index (χ4n) is 5.35. The zero-order valence-electron chi connectivity index (χ0n) is 23.0. The summed E-state index contributed by atoms with van der Waals surface area (Å²) in [4.78, 5) is 41.5. The second-order valence-corrected chi connectivity index (χ2v) is 10.9. The Bertz CT molecular complexity index is 1440. The van der Waals surface area contributed by atoms with Gasteiger partial charge in [0.05, 0.1) is 40.6 Å². The molecule has 1 aliphatic rings. The lowest BCUT2D eigenvalue weighted by Crippen LogP contribution is -2.56. The number of hydrogen-bond acceptors (Lipinski definition) is 7. The van der Waals surface area contributed by atoms with Crippen LogP contribution in [0.25, 0.3) is 0 Å². The quantitative estimate of drug-likeness (QED) is 0.238. The van der Waals surface area contributed by atoms with E-state index in [1.807, 2.05) is 13.8 Å². The SMILES string of the molecule is CCOc1ccccc1NC(=O)C1C(=O)CC(C)(O)C(C(=O)Nc2ccccc2OCC)C1c1ccc(O)c(Br)c1. The Morgan fingerprint density at radius 2 is 1.46 bits per heavy atom. The Hall–Kier alpha value is -3.89. The molecule has 4 rings (SSSR count). The summed E-state index contributed by atoms with van der Waals surface area (Å²) in [7, 11) is 0. The summed E-state index contributed by atoms with van der Waals surface area (Å²) in [5.41, 5.74) is -0.609. The van der Waals surface area contributed by atoms with Gasteiger partial charge in [0, 0.05) is 12.3 Å². The lowest BCUT2D eigenvalue weighted by atomic mass is 9.61. The molecule has 0 radical (unpaired) electrons. The van der Waals surface area contributed by atoms with Gasteiger partial charge in [-0.15, -0.1) is 0 Å². The topological polar surface area (TPSA) is 134 Å². The van der Waals surface area contributed by atoms with Crippen molar-refractivity contribution >= 4 is 44.9 Å². The maximum absolute atomic E-state index is 14.0. The van der Waals surface area contributed by atoms with Gasteiger partial charge in [-0.25, -0.2) is 0 Å². The van der Waals surface area contributed by atoms with Gasteiger partial charge in [0.15, 0.2) is 0 Å². The molecular weight excluding hydrogens is 592 g/mol. The van der Waals surface area contributed by atoms with Gasteiger partial charge in [0.25, 0.3) is 0 Å². The number of amides is 2. The van der Waals surface area contributed by atoms with Gasteiger partial charge >= 0.3 is 0 Å². The van der Waals surface area contributed by atoms with Gasteiger partial charge in [-0.2, -0.15) is 0 Å². The number of nitrogens with one attached hydrogen (secondary N) is 2. The van der Waals surface area contributed by atoms with E-state index in [1.54, 1.807) is 60.7 Å². The second-order valence-electron chi connectivity index (χ2n) is 10.0. The smallest absolute Gasteiger partial charge is 0.235 e. The summed E-state index contributed by atoms with van der Waals surface area (Å²) in [6, 6.07) is 18.3. The molecule has 10 heteroatoms. The van der Waals surface area contributed by atoms with E-state index >= 15 is 0 Å². The molecule has 41 heavy (non-hydrogen) atoms. The van der Waals surface area contributed by atoms with Gasteiger partial charge in [0.1, 0.15) is 28.9 Å². The van der Waals surface area contributed by atoms with Crippen molar-refractivity contribution in [2.24, 2.45) is 11.8 Å². The number of phenolic OH excluding ortho intramolecular Hbond substituents is 1. The number of hydrogen-bond donors (Lipinski definition) is 4. The Morgan fingerprint density at radius 1 is 0.927 bits per heavy atom. The number of para-hydroxylation sites is 4. The summed E-state index contributed by atoms with van der Waals surface area (Å²) in [6.45, 7) is 5.80. The average molecular weight is 626 g/mol. The van der Waals surface area contributed by atoms with Crippen LogP contribution in [-0.2, 0) is 14.4 Å². The molecule has 0 bridgehead atoms. The third-order valence-corrected chi connectivity index (χ3v) is 7.71. The van der Waals surface area contributed by atoms with Crippen LogP contribution in [0.15, 0.2) is 71.2 Å². The first-order chi connectivity index (χ1) is 19.6. The lowest BCUT2D eigenvalue weighted by Gasteiger charge is -2.44. The second kappa shape index (κ2) is 12.7. The van der Waals surface area contributed by atoms with Crippen LogP contribution in [0.5, 0.6) is 17.2 Å². The molecule has 0 aromatic heterocycles. The van der Waals surface area contributed by atoms with Gasteiger partial charge in [-0.05, 0) is 78.7 Å². The van der Waals surface area contributed by atoms with Crippen LogP contribution in [0.4, 0.5) is 11.4 Å². The normalized spacial score (nSPS) is 22.1. The molecule has 4 unspecified atom stereocenters. The van der Waals surface area contributed by atoms with E-state index in [-0.39, 0.29) is 5.75 Å². The number of carbonyl (C=O) groups excluding carboxylic acids is 3. The van der Waals surface area contributed by atoms with Gasteiger partial charge < -0.3 is 30.3 Å². The van der Waals surface area contributed by atoms with Crippen molar-refractivity contribution in [3.63, 3.8) is 0 Å². The first-order valence-electron chi connectivity index (χ1n) is 13.4. The van der Waals surface area contributed by atoms with E-state index in [2.05, 4.69) is 26.6 Å². The van der Waals surface area contributed by atoms with E-state index in [9.17, 15) is 24.6 Å². The molecule has 4 N–H and O–H groups in total. The highest BCUT2D eigenvalue weighted by Crippen LogP contribution is 2.48. The van der Waals surface area contributed by atoms with Crippen LogP contribution in [-0.4, -0.2) is 46.6 Å². The molecule has 1 fully saturated rings. The number of Topliss-reactive ketones (excluding diaryl/α,β-unsaturated/α-hetero) is 1. The average Bonchev–Trinajstić information content (AvgIpc) is 2.91. The minimum absolute atomic E-state index is 0.0547. The molecule has 0 saturated heterocycles. The number of anilines is 2. The Kier molecular flexibility index (Phi) is 9.35.